The van der Waals surface area contributed by atoms with Crippen LogP contribution in [-0.4, -0.2) is 31.5 Å². The van der Waals surface area contributed by atoms with Gasteiger partial charge in [0.05, 0.1) is 5.70 Å². The SMILES string of the molecule is N#CC(C1=NCCC(C2CCNCC2)N1)=C(N)c1ccc(Oc2ccccc2)cc1. The maximum atomic E-state index is 9.81. The van der Waals surface area contributed by atoms with E-state index in [4.69, 9.17) is 10.5 Å². The van der Waals surface area contributed by atoms with E-state index in [0.717, 1.165) is 56.0 Å². The first-order valence-corrected chi connectivity index (χ1v) is 10.5. The highest BCUT2D eigenvalue weighted by Gasteiger charge is 2.28. The Hall–Kier alpha value is -3.30. The Labute approximate surface area is 177 Å². The Bertz CT molecular complexity index is 953. The first kappa shape index (κ1) is 20.0. The van der Waals surface area contributed by atoms with Gasteiger partial charge in [-0.1, -0.05) is 18.2 Å². The van der Waals surface area contributed by atoms with Gasteiger partial charge in [0.15, 0.2) is 0 Å². The first-order chi connectivity index (χ1) is 14.7. The minimum Gasteiger partial charge on any atom is -0.457 e. The first-order valence-electron chi connectivity index (χ1n) is 10.5. The molecule has 0 bridgehead atoms. The number of nitriles is 1. The number of piperidine rings is 1. The molecule has 1 unspecified atom stereocenters. The molecular weight excluding hydrogens is 374 g/mol. The van der Waals surface area contributed by atoms with Crippen LogP contribution in [0.5, 0.6) is 11.5 Å². The summed E-state index contributed by atoms with van der Waals surface area (Å²) in [6, 6.07) is 19.7. The van der Waals surface area contributed by atoms with Gasteiger partial charge in [0, 0.05) is 12.6 Å². The highest BCUT2D eigenvalue weighted by Crippen LogP contribution is 2.25. The molecule has 0 radical (unpaired) electrons. The molecule has 0 amide bonds. The topological polar surface area (TPSA) is 95.5 Å². The van der Waals surface area contributed by atoms with E-state index in [1.807, 2.05) is 54.6 Å². The van der Waals surface area contributed by atoms with E-state index in [-0.39, 0.29) is 0 Å². The third-order valence-corrected chi connectivity index (χ3v) is 5.75. The van der Waals surface area contributed by atoms with Crippen LogP contribution in [-0.2, 0) is 0 Å². The summed E-state index contributed by atoms with van der Waals surface area (Å²) in [7, 11) is 0. The molecule has 30 heavy (non-hydrogen) atoms. The lowest BCUT2D eigenvalue weighted by atomic mass is 9.87. The molecule has 1 fully saturated rings. The Morgan fingerprint density at radius 3 is 2.40 bits per heavy atom. The fraction of sp³-hybridized carbons (Fsp3) is 0.333. The van der Waals surface area contributed by atoms with Gasteiger partial charge in [-0.3, -0.25) is 4.99 Å². The van der Waals surface area contributed by atoms with Crippen LogP contribution in [0.15, 0.2) is 65.2 Å². The Balaban J connectivity index is 1.50. The van der Waals surface area contributed by atoms with Crippen LogP contribution in [0.25, 0.3) is 5.70 Å². The van der Waals surface area contributed by atoms with Gasteiger partial charge >= 0.3 is 0 Å². The summed E-state index contributed by atoms with van der Waals surface area (Å²) in [5.74, 6) is 2.72. The molecule has 0 aliphatic carbocycles. The molecule has 2 aliphatic rings. The summed E-state index contributed by atoms with van der Waals surface area (Å²) in [4.78, 5) is 4.57. The third-order valence-electron chi connectivity index (χ3n) is 5.75. The number of nitrogens with zero attached hydrogens (tertiary/aromatic N) is 2. The van der Waals surface area contributed by atoms with Crippen molar-refractivity contribution in [3.8, 4) is 17.6 Å². The number of hydrogen-bond acceptors (Lipinski definition) is 6. The second-order valence-electron chi connectivity index (χ2n) is 7.70. The van der Waals surface area contributed by atoms with E-state index in [1.54, 1.807) is 0 Å². The van der Waals surface area contributed by atoms with Crippen LogP contribution >= 0.6 is 0 Å². The van der Waals surface area contributed by atoms with Gasteiger partial charge in [0.2, 0.25) is 0 Å². The molecule has 6 heteroatoms. The number of benzene rings is 2. The van der Waals surface area contributed by atoms with Gasteiger partial charge in [-0.05, 0) is 80.2 Å². The number of para-hydroxylation sites is 1. The lowest BCUT2D eigenvalue weighted by molar-refractivity contribution is 0.287. The number of hydrogen-bond donors (Lipinski definition) is 3. The zero-order valence-corrected chi connectivity index (χ0v) is 17.0. The van der Waals surface area contributed by atoms with Crippen molar-refractivity contribution in [1.29, 1.82) is 5.26 Å². The molecule has 0 aromatic heterocycles. The number of amidine groups is 1. The molecule has 2 aliphatic heterocycles. The van der Waals surface area contributed by atoms with E-state index in [9.17, 15) is 5.26 Å². The summed E-state index contributed by atoms with van der Waals surface area (Å²) >= 11 is 0. The molecule has 6 nitrogen and oxygen atoms in total. The van der Waals surface area contributed by atoms with Crippen molar-refractivity contribution in [3.05, 3.63) is 65.7 Å². The predicted molar refractivity (Wildman–Crippen MR) is 119 cm³/mol. The van der Waals surface area contributed by atoms with E-state index >= 15 is 0 Å². The van der Waals surface area contributed by atoms with Crippen LogP contribution < -0.4 is 21.1 Å². The number of nitrogens with two attached hydrogens (primary N) is 1. The predicted octanol–water partition coefficient (Wildman–Crippen LogP) is 3.43. The summed E-state index contributed by atoms with van der Waals surface area (Å²) < 4.78 is 5.83. The second kappa shape index (κ2) is 9.47. The highest BCUT2D eigenvalue weighted by molar-refractivity contribution is 6.08. The van der Waals surface area contributed by atoms with Crippen LogP contribution in [0, 0.1) is 17.2 Å². The molecule has 2 aromatic carbocycles. The maximum absolute atomic E-state index is 9.81. The summed E-state index contributed by atoms with van der Waals surface area (Å²) in [5, 5.41) is 16.7. The average Bonchev–Trinajstić information content (AvgIpc) is 2.81. The molecule has 154 valence electrons. The molecule has 0 saturated carbocycles. The van der Waals surface area contributed by atoms with Crippen molar-refractivity contribution in [2.75, 3.05) is 19.6 Å². The highest BCUT2D eigenvalue weighted by atomic mass is 16.5. The smallest absolute Gasteiger partial charge is 0.141 e. The average molecular weight is 402 g/mol. The summed E-state index contributed by atoms with van der Waals surface area (Å²) in [6.07, 6.45) is 3.29. The van der Waals surface area contributed by atoms with E-state index in [1.165, 1.54) is 0 Å². The van der Waals surface area contributed by atoms with Crippen LogP contribution in [0.4, 0.5) is 0 Å². The largest absolute Gasteiger partial charge is 0.457 e. The molecule has 2 heterocycles. The van der Waals surface area contributed by atoms with Gasteiger partial charge in [-0.2, -0.15) is 5.26 Å². The molecule has 1 atom stereocenters. The van der Waals surface area contributed by atoms with Crippen molar-refractivity contribution >= 4 is 11.5 Å². The van der Waals surface area contributed by atoms with E-state index in [0.29, 0.717) is 29.1 Å². The molecule has 1 saturated heterocycles. The lowest BCUT2D eigenvalue weighted by Crippen LogP contribution is -2.47. The van der Waals surface area contributed by atoms with Crippen LogP contribution in [0.2, 0.25) is 0 Å². The van der Waals surface area contributed by atoms with Gasteiger partial charge in [0.25, 0.3) is 0 Å². The quantitative estimate of drug-likeness (QED) is 0.667. The Morgan fingerprint density at radius 2 is 1.70 bits per heavy atom. The summed E-state index contributed by atoms with van der Waals surface area (Å²) in [6.45, 7) is 2.82. The van der Waals surface area contributed by atoms with Crippen LogP contribution in [0.1, 0.15) is 24.8 Å². The van der Waals surface area contributed by atoms with Gasteiger partial charge < -0.3 is 21.1 Å². The van der Waals surface area contributed by atoms with Crippen molar-refractivity contribution in [2.24, 2.45) is 16.6 Å². The Morgan fingerprint density at radius 1 is 1.00 bits per heavy atom. The monoisotopic (exact) mass is 401 g/mol. The molecular formula is C24H27N5O. The minimum absolute atomic E-state index is 0.345. The van der Waals surface area contributed by atoms with Crippen molar-refractivity contribution < 1.29 is 4.74 Å². The standard InChI is InChI=1S/C24H27N5O/c25-16-21(24-28-15-12-22(29-24)17-10-13-27-14-11-17)23(26)18-6-8-20(9-7-18)30-19-4-2-1-3-5-19/h1-9,17,22,27H,10-15,26H2,(H,28,29). The third kappa shape index (κ3) is 4.64. The molecule has 2 aromatic rings. The number of nitrogens with one attached hydrogen (secondary N) is 2. The molecule has 0 spiro atoms. The fourth-order valence-corrected chi connectivity index (χ4v) is 4.07. The normalized spacial score (nSPS) is 20.4. The summed E-state index contributed by atoms with van der Waals surface area (Å²) in [5.41, 5.74) is 8.01. The zero-order valence-electron chi connectivity index (χ0n) is 17.0. The van der Waals surface area contributed by atoms with Crippen molar-refractivity contribution in [1.82, 2.24) is 10.6 Å². The second-order valence-corrected chi connectivity index (χ2v) is 7.70. The fourth-order valence-electron chi connectivity index (χ4n) is 4.07. The van der Waals surface area contributed by atoms with Crippen molar-refractivity contribution in [2.45, 2.75) is 25.3 Å². The number of ether oxygens (including phenoxy) is 1. The van der Waals surface area contributed by atoms with Crippen LogP contribution in [0.3, 0.4) is 0 Å². The van der Waals surface area contributed by atoms with Crippen molar-refractivity contribution in [3.63, 3.8) is 0 Å². The minimum atomic E-state index is 0.345. The van der Waals surface area contributed by atoms with Gasteiger partial charge in [0.1, 0.15) is 29.0 Å². The molecule has 4 N–H and O–H groups in total. The zero-order chi connectivity index (χ0) is 20.8. The number of aliphatic imine (C=N–C) groups is 1. The lowest BCUT2D eigenvalue weighted by Gasteiger charge is -2.34. The molecule has 4 rings (SSSR count). The maximum Gasteiger partial charge on any atom is 0.141 e. The van der Waals surface area contributed by atoms with E-state index in [2.05, 4.69) is 21.7 Å². The Kier molecular flexibility index (Phi) is 6.31. The van der Waals surface area contributed by atoms with Gasteiger partial charge in [-0.15, -0.1) is 0 Å². The number of rotatable bonds is 5. The van der Waals surface area contributed by atoms with E-state index < -0.39 is 0 Å². The van der Waals surface area contributed by atoms with Gasteiger partial charge in [-0.25, -0.2) is 0 Å².